The molecular weight excluding hydrogens is 548 g/mol. The highest BCUT2D eigenvalue weighted by molar-refractivity contribution is 6.74. The van der Waals surface area contributed by atoms with Crippen LogP contribution in [-0.2, 0) is 33.0 Å². The monoisotopic (exact) mass is 604 g/mol. The molecule has 0 fully saturated rings. The maximum Gasteiger partial charge on any atom is 0.577 e. The summed E-state index contributed by atoms with van der Waals surface area (Å²) in [5.41, 5.74) is 5.99. The Morgan fingerprint density at radius 1 is 0.625 bits per heavy atom. The maximum atomic E-state index is 6.66. The van der Waals surface area contributed by atoms with E-state index in [1.54, 1.807) is 0 Å². The average Bonchev–Trinajstić information content (AvgIpc) is 2.76. The minimum Gasteiger partial charge on any atom is -0.371 e. The van der Waals surface area contributed by atoms with Crippen molar-refractivity contribution in [2.24, 2.45) is 11.6 Å². The number of rotatable bonds is 19. The van der Waals surface area contributed by atoms with Crippen LogP contribution >= 0.6 is 0 Å². The van der Waals surface area contributed by atoms with Crippen LogP contribution in [0.25, 0.3) is 0 Å². The van der Waals surface area contributed by atoms with Gasteiger partial charge in [-0.15, -0.1) is 0 Å². The van der Waals surface area contributed by atoms with E-state index in [4.69, 9.17) is 48.1 Å². The molecule has 0 aliphatic carbocycles. The van der Waals surface area contributed by atoms with Crippen LogP contribution in [0.4, 0.5) is 5.95 Å². The first kappa shape index (κ1) is 36.9. The molecule has 1 unspecified atom stereocenters. The van der Waals surface area contributed by atoms with Crippen LogP contribution in [0.15, 0.2) is 0 Å². The molecule has 0 bridgehead atoms. The van der Waals surface area contributed by atoms with Crippen molar-refractivity contribution in [1.82, 2.24) is 15.0 Å². The molecule has 1 atom stereocenters. The zero-order chi connectivity index (χ0) is 30.8. The highest BCUT2D eigenvalue weighted by Gasteiger charge is 2.52. The van der Waals surface area contributed by atoms with Gasteiger partial charge in [-0.1, -0.05) is 6.92 Å². The first-order chi connectivity index (χ1) is 18.4. The Balaban J connectivity index is 3.65. The Bertz CT molecular complexity index is 825. The zero-order valence-corrected chi connectivity index (χ0v) is 29.1. The van der Waals surface area contributed by atoms with Gasteiger partial charge < -0.3 is 32.3 Å². The van der Waals surface area contributed by atoms with Gasteiger partial charge in [0.25, 0.3) is 0 Å². The second-order valence-electron chi connectivity index (χ2n) is 11.6. The predicted molar refractivity (Wildman–Crippen MR) is 162 cm³/mol. The van der Waals surface area contributed by atoms with Crippen LogP contribution in [0.3, 0.4) is 0 Å². The molecule has 0 saturated heterocycles. The van der Waals surface area contributed by atoms with Gasteiger partial charge in [0.05, 0.1) is 0 Å². The van der Waals surface area contributed by atoms with Gasteiger partial charge >= 0.3 is 17.6 Å². The Hall–Kier alpha value is -1.08. The van der Waals surface area contributed by atoms with Crippen molar-refractivity contribution in [3.8, 4) is 0 Å². The summed E-state index contributed by atoms with van der Waals surface area (Å²) >= 11 is 0. The summed E-state index contributed by atoms with van der Waals surface area (Å²) < 4.78 is 38.4. The summed E-state index contributed by atoms with van der Waals surface area (Å²) in [6.45, 7) is 26.1. The maximum absolute atomic E-state index is 6.66. The number of anilines is 1. The molecule has 1 aromatic rings. The summed E-state index contributed by atoms with van der Waals surface area (Å²) in [5.74, 6) is 7.40. The van der Waals surface area contributed by atoms with E-state index < -0.39 is 17.6 Å². The number of nitrogens with zero attached hydrogens (tertiary/aromatic N) is 4. The quantitative estimate of drug-likeness (QED) is 0.136. The van der Waals surface area contributed by atoms with Gasteiger partial charge in [0.2, 0.25) is 11.4 Å². The van der Waals surface area contributed by atoms with Gasteiger partial charge in [0, 0.05) is 55.1 Å². The Labute approximate surface area is 244 Å². The number of aromatic nitrogens is 3. The molecule has 0 aromatic carbocycles. The van der Waals surface area contributed by atoms with E-state index in [-0.39, 0.29) is 48.1 Å². The lowest BCUT2D eigenvalue weighted by atomic mass is 10.4. The van der Waals surface area contributed by atoms with Crippen molar-refractivity contribution < 1.29 is 26.6 Å². The smallest absolute Gasteiger partial charge is 0.371 e. The fourth-order valence-corrected chi connectivity index (χ4v) is 10.1. The fourth-order valence-electron chi connectivity index (χ4n) is 3.99. The highest BCUT2D eigenvalue weighted by Crippen LogP contribution is 2.31. The number of hydrazine groups is 1. The third kappa shape index (κ3) is 11.7. The van der Waals surface area contributed by atoms with E-state index in [1.165, 1.54) is 5.01 Å². The van der Waals surface area contributed by atoms with Crippen molar-refractivity contribution in [1.29, 1.82) is 0 Å². The highest BCUT2D eigenvalue weighted by atomic mass is 28.4. The molecule has 0 saturated carbocycles. The van der Waals surface area contributed by atoms with Crippen molar-refractivity contribution in [3.63, 3.8) is 0 Å². The molecule has 0 aliphatic heterocycles. The van der Waals surface area contributed by atoms with Crippen molar-refractivity contribution in [2.75, 3.05) is 18.1 Å². The molecule has 12 nitrogen and oxygen atoms in total. The van der Waals surface area contributed by atoms with E-state index in [1.807, 2.05) is 90.0 Å². The van der Waals surface area contributed by atoms with Gasteiger partial charge in [0.15, 0.2) is 0 Å². The second-order valence-corrected chi connectivity index (χ2v) is 16.8. The van der Waals surface area contributed by atoms with Crippen molar-refractivity contribution in [2.45, 2.75) is 139 Å². The van der Waals surface area contributed by atoms with Crippen LogP contribution in [0, 0.1) is 0 Å². The lowest BCUT2D eigenvalue weighted by molar-refractivity contribution is -0.00345. The minimum atomic E-state index is -3.59. The van der Waals surface area contributed by atoms with E-state index in [2.05, 4.69) is 4.98 Å². The van der Waals surface area contributed by atoms with Gasteiger partial charge in [-0.25, -0.2) is 10.8 Å². The van der Waals surface area contributed by atoms with E-state index in [0.717, 1.165) is 0 Å². The standard InChI is InChI=1S/C26H56N6O6Si2/c1-17(2)33-39(34-18(3)4,35-19(5)6)23(13)16-32(28)25-29-24(14-15-27)30-26(31-25)40(36-20(7)8,37-21(9)10)38-22(11)12/h17-23H,14-16,27-28H2,1-13H3. The fraction of sp³-hybridized carbons (Fsp3) is 0.885. The van der Waals surface area contributed by atoms with Crippen molar-refractivity contribution in [3.05, 3.63) is 5.82 Å². The lowest BCUT2D eigenvalue weighted by Gasteiger charge is -2.39. The molecule has 0 radical (unpaired) electrons. The first-order valence-electron chi connectivity index (χ1n) is 14.5. The zero-order valence-electron chi connectivity index (χ0n) is 27.1. The summed E-state index contributed by atoms with van der Waals surface area (Å²) in [5, 5.41) is 1.48. The molecule has 1 aromatic heterocycles. The molecular formula is C26H56N6O6Si2. The van der Waals surface area contributed by atoms with Crippen LogP contribution in [0.2, 0.25) is 5.54 Å². The normalized spacial score (nSPS) is 14.0. The van der Waals surface area contributed by atoms with E-state index in [9.17, 15) is 0 Å². The molecule has 0 amide bonds. The third-order valence-electron chi connectivity index (χ3n) is 5.02. The Morgan fingerprint density at radius 3 is 1.38 bits per heavy atom. The topological polar surface area (TPSA) is 149 Å². The van der Waals surface area contributed by atoms with Gasteiger partial charge in [-0.3, -0.25) is 5.01 Å². The largest absolute Gasteiger partial charge is 0.577 e. The summed E-state index contributed by atoms with van der Waals surface area (Å²) in [7, 11) is -6.80. The predicted octanol–water partition coefficient (Wildman–Crippen LogP) is 3.08. The average molecular weight is 605 g/mol. The molecule has 14 heteroatoms. The summed E-state index contributed by atoms with van der Waals surface area (Å²) in [6.07, 6.45) is -0.465. The molecule has 0 aliphatic rings. The molecule has 234 valence electrons. The van der Waals surface area contributed by atoms with Gasteiger partial charge in [-0.05, 0) is 89.6 Å². The minimum absolute atomic E-state index is 0.0982. The Morgan fingerprint density at radius 2 is 1.02 bits per heavy atom. The summed E-state index contributed by atoms with van der Waals surface area (Å²) in [4.78, 5) is 14.1. The van der Waals surface area contributed by atoms with Gasteiger partial charge in [-0.2, -0.15) is 9.97 Å². The molecule has 1 heterocycles. The number of hydrogen-bond donors (Lipinski definition) is 2. The van der Waals surface area contributed by atoms with E-state index >= 15 is 0 Å². The van der Waals surface area contributed by atoms with Crippen LogP contribution in [0.1, 0.15) is 95.8 Å². The molecule has 40 heavy (non-hydrogen) atoms. The van der Waals surface area contributed by atoms with Gasteiger partial charge in [0.1, 0.15) is 5.82 Å². The SMILES string of the molecule is CC(C)O[Si](OC(C)C)(OC(C)C)c1nc(CCN)nc(N(N)CC(C)[Si](OC(C)C)(OC(C)C)OC(C)C)n1. The molecule has 1 rings (SSSR count). The van der Waals surface area contributed by atoms with Crippen molar-refractivity contribution >= 4 is 29.0 Å². The first-order valence-corrected chi connectivity index (χ1v) is 18.0. The van der Waals surface area contributed by atoms with E-state index in [0.29, 0.717) is 30.8 Å². The van der Waals surface area contributed by atoms with Crippen LogP contribution in [0.5, 0.6) is 0 Å². The molecule has 0 spiro atoms. The van der Waals surface area contributed by atoms with Crippen LogP contribution < -0.4 is 22.0 Å². The Kier molecular flexibility index (Phi) is 15.3. The summed E-state index contributed by atoms with van der Waals surface area (Å²) in [6, 6.07) is 0. The number of hydrogen-bond acceptors (Lipinski definition) is 12. The molecule has 4 N–H and O–H groups in total. The lowest BCUT2D eigenvalue weighted by Crippen LogP contribution is -2.63. The third-order valence-corrected chi connectivity index (χ3v) is 11.9. The second kappa shape index (κ2) is 16.5. The van der Waals surface area contributed by atoms with Crippen LogP contribution in [-0.4, -0.2) is 82.3 Å². The number of nitrogens with two attached hydrogens (primary N) is 2.